The van der Waals surface area contributed by atoms with Gasteiger partial charge in [0.2, 0.25) is 5.91 Å². The lowest BCUT2D eigenvalue weighted by Crippen LogP contribution is -2.41. The summed E-state index contributed by atoms with van der Waals surface area (Å²) in [6.45, 7) is 3.34. The summed E-state index contributed by atoms with van der Waals surface area (Å²) >= 11 is 0. The van der Waals surface area contributed by atoms with Crippen LogP contribution in [0, 0.1) is 0 Å². The van der Waals surface area contributed by atoms with Crippen LogP contribution >= 0.6 is 0 Å². The third-order valence-electron chi connectivity index (χ3n) is 2.94. The molecule has 8 heteroatoms. The quantitative estimate of drug-likeness (QED) is 0.384. The molecule has 0 spiro atoms. The van der Waals surface area contributed by atoms with Crippen LogP contribution < -0.4 is 11.1 Å². The van der Waals surface area contributed by atoms with Gasteiger partial charge in [-0.1, -0.05) is 19.8 Å². The van der Waals surface area contributed by atoms with E-state index < -0.39 is 29.9 Å². The number of aliphatic carboxylic acids is 1. The predicted octanol–water partition coefficient (Wildman–Crippen LogP) is 0.0399. The van der Waals surface area contributed by atoms with Crippen molar-refractivity contribution in [2.75, 3.05) is 0 Å². The Hall–Kier alpha value is -2.09. The number of rotatable bonds is 10. The van der Waals surface area contributed by atoms with Crippen molar-refractivity contribution in [2.24, 2.45) is 10.7 Å². The highest BCUT2D eigenvalue weighted by molar-refractivity contribution is 6.29. The van der Waals surface area contributed by atoms with E-state index in [1.165, 1.54) is 6.92 Å². The zero-order valence-corrected chi connectivity index (χ0v) is 12.9. The van der Waals surface area contributed by atoms with Gasteiger partial charge in [-0.3, -0.25) is 19.2 Å². The molecular formula is C14H23N3O5. The predicted molar refractivity (Wildman–Crippen MR) is 80.5 cm³/mol. The lowest BCUT2D eigenvalue weighted by molar-refractivity contribution is -0.138. The molecule has 0 saturated carbocycles. The minimum absolute atomic E-state index is 0.0213. The van der Waals surface area contributed by atoms with E-state index in [0.717, 1.165) is 6.42 Å². The largest absolute Gasteiger partial charge is 0.480 e. The first kappa shape index (κ1) is 19.9. The third kappa shape index (κ3) is 8.25. The fourth-order valence-corrected chi connectivity index (χ4v) is 1.62. The van der Waals surface area contributed by atoms with E-state index in [1.54, 1.807) is 0 Å². The Morgan fingerprint density at radius 1 is 1.32 bits per heavy atom. The number of carboxylic acid groups (broad SMARTS) is 1. The van der Waals surface area contributed by atoms with E-state index in [2.05, 4.69) is 10.3 Å². The van der Waals surface area contributed by atoms with Crippen LogP contribution in [0.4, 0.5) is 0 Å². The molecule has 0 bridgehead atoms. The van der Waals surface area contributed by atoms with Gasteiger partial charge in [0.05, 0.1) is 5.71 Å². The number of nitrogens with zero attached hydrogens (tertiary/aromatic N) is 1. The van der Waals surface area contributed by atoms with Crippen LogP contribution in [0.1, 0.15) is 46.0 Å². The van der Waals surface area contributed by atoms with E-state index in [9.17, 15) is 19.2 Å². The highest BCUT2D eigenvalue weighted by Gasteiger charge is 2.21. The van der Waals surface area contributed by atoms with Gasteiger partial charge in [-0.25, -0.2) is 4.99 Å². The lowest BCUT2D eigenvalue weighted by atomic mass is 10.1. The van der Waals surface area contributed by atoms with Crippen molar-refractivity contribution >= 4 is 29.8 Å². The average molecular weight is 313 g/mol. The maximum absolute atomic E-state index is 11.9. The zero-order chi connectivity index (χ0) is 17.1. The Balaban J connectivity index is 4.63. The molecule has 0 aliphatic carbocycles. The number of carbonyl (C=O) groups is 4. The van der Waals surface area contributed by atoms with Gasteiger partial charge in [0, 0.05) is 6.42 Å². The van der Waals surface area contributed by atoms with Crippen LogP contribution in [0.3, 0.4) is 0 Å². The highest BCUT2D eigenvalue weighted by Crippen LogP contribution is 2.05. The Labute approximate surface area is 129 Å². The summed E-state index contributed by atoms with van der Waals surface area (Å²) in [5.41, 5.74) is 5.35. The summed E-state index contributed by atoms with van der Waals surface area (Å²) in [5, 5.41) is 11.2. The van der Waals surface area contributed by atoms with Crippen LogP contribution in [0.2, 0.25) is 0 Å². The van der Waals surface area contributed by atoms with E-state index >= 15 is 0 Å². The second-order valence-corrected chi connectivity index (χ2v) is 4.96. The first-order valence-corrected chi connectivity index (χ1v) is 7.13. The maximum Gasteiger partial charge on any atom is 0.320 e. The Kier molecular flexibility index (Phi) is 9.60. The topological polar surface area (TPSA) is 139 Å². The standard InChI is InChI=1S/C14H23N3O5/c1-3-4-5-11(13(20)16-9(2)8-18)17-12(19)7-6-10(15)14(21)22/h8,10-11H,3-7,15H2,1-2H3,(H,17,19)(H,21,22)/b16-9+. The molecule has 22 heavy (non-hydrogen) atoms. The van der Waals surface area contributed by atoms with Crippen molar-refractivity contribution in [2.45, 2.75) is 58.0 Å². The van der Waals surface area contributed by atoms with Crippen molar-refractivity contribution in [1.29, 1.82) is 0 Å². The van der Waals surface area contributed by atoms with Gasteiger partial charge in [0.1, 0.15) is 12.1 Å². The minimum atomic E-state index is -1.18. The molecule has 0 aromatic carbocycles. The molecule has 8 nitrogen and oxygen atoms in total. The Morgan fingerprint density at radius 3 is 2.45 bits per heavy atom. The highest BCUT2D eigenvalue weighted by atomic mass is 16.4. The monoisotopic (exact) mass is 313 g/mol. The molecule has 0 radical (unpaired) electrons. The molecule has 4 N–H and O–H groups in total. The van der Waals surface area contributed by atoms with Crippen LogP contribution in [0.25, 0.3) is 0 Å². The molecule has 2 amide bonds. The molecule has 0 saturated heterocycles. The lowest BCUT2D eigenvalue weighted by Gasteiger charge is -2.15. The molecule has 124 valence electrons. The number of unbranched alkanes of at least 4 members (excludes halogenated alkanes) is 1. The molecule has 2 unspecified atom stereocenters. The zero-order valence-electron chi connectivity index (χ0n) is 12.9. The molecule has 0 aromatic heterocycles. The van der Waals surface area contributed by atoms with Crippen LogP contribution in [-0.2, 0) is 19.2 Å². The smallest absolute Gasteiger partial charge is 0.320 e. The number of hydrogen-bond donors (Lipinski definition) is 3. The molecule has 0 aliphatic rings. The van der Waals surface area contributed by atoms with Crippen LogP contribution in [0.5, 0.6) is 0 Å². The van der Waals surface area contributed by atoms with Gasteiger partial charge in [0.25, 0.3) is 5.91 Å². The van der Waals surface area contributed by atoms with Gasteiger partial charge >= 0.3 is 5.97 Å². The van der Waals surface area contributed by atoms with Crippen molar-refractivity contribution < 1.29 is 24.3 Å². The normalized spacial score (nSPS) is 14.0. The molecule has 0 aliphatic heterocycles. The van der Waals surface area contributed by atoms with Crippen molar-refractivity contribution in [3.63, 3.8) is 0 Å². The van der Waals surface area contributed by atoms with E-state index in [1.807, 2.05) is 6.92 Å². The fourth-order valence-electron chi connectivity index (χ4n) is 1.62. The molecule has 0 aromatic rings. The van der Waals surface area contributed by atoms with E-state index in [0.29, 0.717) is 19.1 Å². The maximum atomic E-state index is 11.9. The molecule has 2 atom stereocenters. The summed E-state index contributed by atoms with van der Waals surface area (Å²) in [4.78, 5) is 48.4. The number of nitrogens with two attached hydrogens (primary N) is 1. The summed E-state index contributed by atoms with van der Waals surface area (Å²) < 4.78 is 0. The van der Waals surface area contributed by atoms with Crippen LogP contribution in [-0.4, -0.2) is 47.0 Å². The van der Waals surface area contributed by atoms with Crippen LogP contribution in [0.15, 0.2) is 4.99 Å². The number of aldehydes is 1. The average Bonchev–Trinajstić information content (AvgIpc) is 2.48. The second-order valence-electron chi connectivity index (χ2n) is 4.96. The molecular weight excluding hydrogens is 290 g/mol. The van der Waals surface area contributed by atoms with Gasteiger partial charge in [-0.15, -0.1) is 0 Å². The number of carboxylic acids is 1. The second kappa shape index (κ2) is 10.6. The van der Waals surface area contributed by atoms with Crippen molar-refractivity contribution in [1.82, 2.24) is 5.32 Å². The van der Waals surface area contributed by atoms with Gasteiger partial charge in [-0.05, 0) is 19.8 Å². The summed E-state index contributed by atoms with van der Waals surface area (Å²) in [7, 11) is 0. The van der Waals surface area contributed by atoms with Gasteiger partial charge in [0.15, 0.2) is 6.29 Å². The van der Waals surface area contributed by atoms with Crippen molar-refractivity contribution in [3.05, 3.63) is 0 Å². The number of carbonyl (C=O) groups excluding carboxylic acids is 3. The number of nitrogens with one attached hydrogen (secondary N) is 1. The number of aliphatic imine (C=N–C) groups is 1. The van der Waals surface area contributed by atoms with E-state index in [-0.39, 0.29) is 18.6 Å². The van der Waals surface area contributed by atoms with Crippen molar-refractivity contribution in [3.8, 4) is 0 Å². The first-order valence-electron chi connectivity index (χ1n) is 7.13. The Bertz CT molecular complexity index is 448. The number of hydrogen-bond acceptors (Lipinski definition) is 5. The molecule has 0 heterocycles. The summed E-state index contributed by atoms with van der Waals surface area (Å²) in [5.74, 6) is -2.24. The first-order chi connectivity index (χ1) is 10.3. The SMILES string of the molecule is CCCCC(NC(=O)CCC(N)C(=O)O)C(=O)/N=C(\C)C=O. The van der Waals surface area contributed by atoms with E-state index in [4.69, 9.17) is 10.8 Å². The minimum Gasteiger partial charge on any atom is -0.480 e. The summed E-state index contributed by atoms with van der Waals surface area (Å²) in [6, 6.07) is -1.94. The number of amides is 2. The fraction of sp³-hybridized carbons (Fsp3) is 0.643. The Morgan fingerprint density at radius 2 is 1.95 bits per heavy atom. The van der Waals surface area contributed by atoms with Gasteiger partial charge in [-0.2, -0.15) is 0 Å². The summed E-state index contributed by atoms with van der Waals surface area (Å²) in [6.07, 6.45) is 2.29. The van der Waals surface area contributed by atoms with Gasteiger partial charge < -0.3 is 16.2 Å². The molecule has 0 fully saturated rings. The molecule has 0 rings (SSSR count). The third-order valence-corrected chi connectivity index (χ3v) is 2.94.